The first-order valence-corrected chi connectivity index (χ1v) is 8.00. The van der Waals surface area contributed by atoms with E-state index in [1.165, 1.54) is 0 Å². The van der Waals surface area contributed by atoms with Crippen LogP contribution in [0.25, 0.3) is 0 Å². The van der Waals surface area contributed by atoms with Crippen LogP contribution in [0.5, 0.6) is 11.5 Å². The van der Waals surface area contributed by atoms with Crippen molar-refractivity contribution >= 4 is 40.5 Å². The van der Waals surface area contributed by atoms with Crippen LogP contribution in [0.15, 0.2) is 36.4 Å². The molecule has 0 unspecified atom stereocenters. The smallest absolute Gasteiger partial charge is 0.226 e. The number of benzene rings is 2. The molecule has 0 saturated carbocycles. The third-order valence-electron chi connectivity index (χ3n) is 3.30. The van der Waals surface area contributed by atoms with E-state index in [1.807, 2.05) is 12.1 Å². The van der Waals surface area contributed by atoms with E-state index in [0.29, 0.717) is 33.8 Å². The number of para-hydroxylation sites is 1. The molecule has 0 aromatic heterocycles. The number of amides is 1. The van der Waals surface area contributed by atoms with Crippen molar-refractivity contribution in [1.82, 2.24) is 0 Å². The predicted molar refractivity (Wildman–Crippen MR) is 97.7 cm³/mol. The van der Waals surface area contributed by atoms with Gasteiger partial charge in [0.15, 0.2) is 0 Å². The summed E-state index contributed by atoms with van der Waals surface area (Å²) >= 11 is 12.1. The highest BCUT2D eigenvalue weighted by Gasteiger charge is 2.10. The van der Waals surface area contributed by atoms with Crippen molar-refractivity contribution in [2.24, 2.45) is 0 Å². The Morgan fingerprint density at radius 1 is 1.08 bits per heavy atom. The number of nitrogens with one attached hydrogen (secondary N) is 2. The fraction of sp³-hybridized carbons (Fsp3) is 0.235. The summed E-state index contributed by atoms with van der Waals surface area (Å²) in [7, 11) is 3.16. The quantitative estimate of drug-likeness (QED) is 0.757. The molecule has 0 radical (unpaired) electrons. The van der Waals surface area contributed by atoms with Crippen molar-refractivity contribution in [3.05, 3.63) is 46.4 Å². The van der Waals surface area contributed by atoms with E-state index < -0.39 is 0 Å². The highest BCUT2D eigenvalue weighted by Crippen LogP contribution is 2.30. The molecule has 0 saturated heterocycles. The van der Waals surface area contributed by atoms with Crippen molar-refractivity contribution in [1.29, 1.82) is 0 Å². The number of carbonyl (C=O) groups excluding carboxylic acids is 1. The lowest BCUT2D eigenvalue weighted by molar-refractivity contribution is -0.115. The Bertz CT molecular complexity index is 703. The fourth-order valence-electron chi connectivity index (χ4n) is 2.07. The van der Waals surface area contributed by atoms with Gasteiger partial charge in [-0.2, -0.15) is 0 Å². The molecule has 2 aromatic carbocycles. The van der Waals surface area contributed by atoms with Gasteiger partial charge in [-0.1, -0.05) is 29.3 Å². The van der Waals surface area contributed by atoms with Gasteiger partial charge in [0.05, 0.1) is 35.6 Å². The summed E-state index contributed by atoms with van der Waals surface area (Å²) in [5.41, 5.74) is 1.20. The van der Waals surface area contributed by atoms with Gasteiger partial charge in [0.25, 0.3) is 0 Å². The van der Waals surface area contributed by atoms with E-state index in [1.54, 1.807) is 38.5 Å². The zero-order valence-electron chi connectivity index (χ0n) is 13.4. The van der Waals surface area contributed by atoms with Crippen molar-refractivity contribution in [3.8, 4) is 11.5 Å². The summed E-state index contributed by atoms with van der Waals surface area (Å²) in [4.78, 5) is 12.0. The van der Waals surface area contributed by atoms with Crippen molar-refractivity contribution in [2.45, 2.75) is 6.42 Å². The third kappa shape index (κ3) is 4.69. The number of hydrogen-bond acceptors (Lipinski definition) is 4. The largest absolute Gasteiger partial charge is 0.497 e. The monoisotopic (exact) mass is 368 g/mol. The lowest BCUT2D eigenvalue weighted by Crippen LogP contribution is -2.17. The summed E-state index contributed by atoms with van der Waals surface area (Å²) in [5.74, 6) is 1.15. The standard InChI is InChI=1S/C17H18Cl2N2O3/c1-23-11-6-7-14(15(10-11)24-2)20-9-8-16(22)21-17-12(18)4-3-5-13(17)19/h3-7,10,20H,8-9H2,1-2H3,(H,21,22). The average Bonchev–Trinajstić information content (AvgIpc) is 2.58. The lowest BCUT2D eigenvalue weighted by atomic mass is 10.2. The molecule has 5 nitrogen and oxygen atoms in total. The van der Waals surface area contributed by atoms with Gasteiger partial charge in [0.2, 0.25) is 5.91 Å². The molecule has 0 aliphatic carbocycles. The Kier molecular flexibility index (Phi) is 6.58. The Morgan fingerprint density at radius 3 is 2.42 bits per heavy atom. The number of halogens is 2. The van der Waals surface area contributed by atoms with Crippen LogP contribution in [0.1, 0.15) is 6.42 Å². The van der Waals surface area contributed by atoms with Crippen LogP contribution in [-0.2, 0) is 4.79 Å². The maximum atomic E-state index is 12.0. The van der Waals surface area contributed by atoms with Gasteiger partial charge in [0.1, 0.15) is 11.5 Å². The first-order chi connectivity index (χ1) is 11.5. The summed E-state index contributed by atoms with van der Waals surface area (Å²) in [6.45, 7) is 0.427. The van der Waals surface area contributed by atoms with Crippen LogP contribution < -0.4 is 20.1 Å². The van der Waals surface area contributed by atoms with Gasteiger partial charge in [0, 0.05) is 19.0 Å². The minimum atomic E-state index is -0.190. The van der Waals surface area contributed by atoms with Gasteiger partial charge in [-0.15, -0.1) is 0 Å². The molecule has 0 fully saturated rings. The average molecular weight is 369 g/mol. The van der Waals surface area contributed by atoms with Crippen molar-refractivity contribution in [3.63, 3.8) is 0 Å². The van der Waals surface area contributed by atoms with Crippen molar-refractivity contribution < 1.29 is 14.3 Å². The highest BCUT2D eigenvalue weighted by atomic mass is 35.5. The van der Waals surface area contributed by atoms with Gasteiger partial charge in [-0.25, -0.2) is 0 Å². The van der Waals surface area contributed by atoms with E-state index in [4.69, 9.17) is 32.7 Å². The number of carbonyl (C=O) groups is 1. The fourth-order valence-corrected chi connectivity index (χ4v) is 2.57. The zero-order valence-corrected chi connectivity index (χ0v) is 14.9. The predicted octanol–water partition coefficient (Wildman–Crippen LogP) is 4.45. The van der Waals surface area contributed by atoms with Crippen LogP contribution in [0.4, 0.5) is 11.4 Å². The van der Waals surface area contributed by atoms with Crippen LogP contribution in [0, 0.1) is 0 Å². The Hall–Kier alpha value is -2.11. The highest BCUT2D eigenvalue weighted by molar-refractivity contribution is 6.39. The van der Waals surface area contributed by atoms with Gasteiger partial charge < -0.3 is 20.1 Å². The summed E-state index contributed by atoms with van der Waals surface area (Å²) in [5, 5.41) is 6.68. The number of methoxy groups -OCH3 is 2. The molecule has 0 bridgehead atoms. The number of ether oxygens (including phenoxy) is 2. The van der Waals surface area contributed by atoms with Gasteiger partial charge >= 0.3 is 0 Å². The molecule has 24 heavy (non-hydrogen) atoms. The second-order valence-electron chi connectivity index (χ2n) is 4.89. The first kappa shape index (κ1) is 18.2. The molecule has 2 rings (SSSR count). The van der Waals surface area contributed by atoms with E-state index in [2.05, 4.69) is 10.6 Å². The molecule has 7 heteroatoms. The Morgan fingerprint density at radius 2 is 1.79 bits per heavy atom. The van der Waals surface area contributed by atoms with E-state index >= 15 is 0 Å². The minimum Gasteiger partial charge on any atom is -0.497 e. The summed E-state index contributed by atoms with van der Waals surface area (Å²) in [6, 6.07) is 10.5. The SMILES string of the molecule is COc1ccc(NCCC(=O)Nc2c(Cl)cccc2Cl)c(OC)c1. The molecule has 0 aliphatic heterocycles. The second kappa shape index (κ2) is 8.66. The van der Waals surface area contributed by atoms with Crippen LogP contribution in [0.3, 0.4) is 0 Å². The van der Waals surface area contributed by atoms with E-state index in [-0.39, 0.29) is 12.3 Å². The van der Waals surface area contributed by atoms with Crippen LogP contribution in [-0.4, -0.2) is 26.7 Å². The number of hydrogen-bond donors (Lipinski definition) is 2. The van der Waals surface area contributed by atoms with Gasteiger partial charge in [-0.05, 0) is 24.3 Å². The molecule has 128 valence electrons. The lowest BCUT2D eigenvalue weighted by Gasteiger charge is -2.13. The molecule has 0 atom stereocenters. The number of anilines is 2. The third-order valence-corrected chi connectivity index (χ3v) is 3.93. The molecule has 2 N–H and O–H groups in total. The maximum absolute atomic E-state index is 12.0. The second-order valence-corrected chi connectivity index (χ2v) is 5.70. The zero-order chi connectivity index (χ0) is 17.5. The van der Waals surface area contributed by atoms with Crippen LogP contribution in [0.2, 0.25) is 10.0 Å². The topological polar surface area (TPSA) is 59.6 Å². The minimum absolute atomic E-state index is 0.190. The van der Waals surface area contributed by atoms with Gasteiger partial charge in [-0.3, -0.25) is 4.79 Å². The number of rotatable bonds is 7. The normalized spacial score (nSPS) is 10.2. The molecular formula is C17H18Cl2N2O3. The summed E-state index contributed by atoms with van der Waals surface area (Å²) in [6.07, 6.45) is 0.247. The molecule has 0 aliphatic rings. The Balaban J connectivity index is 1.91. The van der Waals surface area contributed by atoms with E-state index in [9.17, 15) is 4.79 Å². The Labute approximate surface area is 150 Å². The molecule has 2 aromatic rings. The molecular weight excluding hydrogens is 351 g/mol. The maximum Gasteiger partial charge on any atom is 0.226 e. The van der Waals surface area contributed by atoms with Crippen LogP contribution >= 0.6 is 23.2 Å². The molecule has 0 heterocycles. The van der Waals surface area contributed by atoms with E-state index in [0.717, 1.165) is 5.69 Å². The first-order valence-electron chi connectivity index (χ1n) is 7.25. The van der Waals surface area contributed by atoms with Crippen molar-refractivity contribution in [2.75, 3.05) is 31.4 Å². The molecule has 1 amide bonds. The summed E-state index contributed by atoms with van der Waals surface area (Å²) < 4.78 is 10.4. The molecule has 0 spiro atoms.